The summed E-state index contributed by atoms with van der Waals surface area (Å²) >= 11 is 0. The van der Waals surface area contributed by atoms with Crippen molar-refractivity contribution < 1.29 is 28.7 Å². The van der Waals surface area contributed by atoms with Crippen LogP contribution in [0.4, 0.5) is 0 Å². The molecule has 8 nitrogen and oxygen atoms in total. The molecule has 2 aliphatic rings. The van der Waals surface area contributed by atoms with Crippen LogP contribution in [0.1, 0.15) is 76.2 Å². The maximum Gasteiger partial charge on any atom is 0.342 e. The minimum atomic E-state index is -0.985. The molecule has 8 heteroatoms. The van der Waals surface area contributed by atoms with Crippen molar-refractivity contribution in [3.8, 4) is 5.75 Å². The average molecular weight is 479 g/mol. The second kappa shape index (κ2) is 10.3. The minimum absolute atomic E-state index is 0.00771. The molecule has 2 aromatic carbocycles. The molecule has 4 rings (SSSR count). The first-order chi connectivity index (χ1) is 16.8. The van der Waals surface area contributed by atoms with Crippen molar-refractivity contribution in [1.29, 1.82) is 0 Å². The molecule has 0 spiro atoms. The molecule has 35 heavy (non-hydrogen) atoms. The van der Waals surface area contributed by atoms with E-state index >= 15 is 0 Å². The molecule has 3 amide bonds. The third kappa shape index (κ3) is 5.06. The van der Waals surface area contributed by atoms with Crippen LogP contribution >= 0.6 is 0 Å². The number of rotatable bonds is 7. The zero-order chi connectivity index (χ0) is 25.1. The zero-order valence-corrected chi connectivity index (χ0v) is 20.2. The number of methoxy groups -OCH3 is 1. The number of esters is 1. The standard InChI is InChI=1S/C27H30N2O6/c1-16-8-4-7-11-22(16)28-24(30)17(2)35-27(33)21-14-18(12-13-23(21)34-3)15-29-25(31)19-9-5-6-10-20(19)26(29)32/h5-6,9-10,12-14,16-17,22H,4,7-8,11,15H2,1-3H3,(H,28,30). The second-order valence-corrected chi connectivity index (χ2v) is 9.20. The van der Waals surface area contributed by atoms with E-state index in [4.69, 9.17) is 9.47 Å². The van der Waals surface area contributed by atoms with E-state index in [2.05, 4.69) is 12.2 Å². The third-order valence-corrected chi connectivity index (χ3v) is 6.79. The fourth-order valence-electron chi connectivity index (χ4n) is 4.69. The van der Waals surface area contributed by atoms with Crippen molar-refractivity contribution >= 4 is 23.7 Å². The number of benzene rings is 2. The van der Waals surface area contributed by atoms with Crippen LogP contribution < -0.4 is 10.1 Å². The van der Waals surface area contributed by atoms with Gasteiger partial charge in [0.25, 0.3) is 17.7 Å². The molecule has 0 radical (unpaired) electrons. The van der Waals surface area contributed by atoms with Gasteiger partial charge in [-0.2, -0.15) is 0 Å². The topological polar surface area (TPSA) is 102 Å². The van der Waals surface area contributed by atoms with Crippen LogP contribution in [0.25, 0.3) is 0 Å². The van der Waals surface area contributed by atoms with Gasteiger partial charge in [0, 0.05) is 6.04 Å². The van der Waals surface area contributed by atoms with E-state index in [-0.39, 0.29) is 41.6 Å². The number of fused-ring (bicyclic) bond motifs is 1. The van der Waals surface area contributed by atoms with Crippen molar-refractivity contribution in [2.45, 2.75) is 58.2 Å². The van der Waals surface area contributed by atoms with Gasteiger partial charge in [0.05, 0.1) is 24.8 Å². The molecule has 1 aliphatic heterocycles. The Balaban J connectivity index is 1.46. The summed E-state index contributed by atoms with van der Waals surface area (Å²) in [4.78, 5) is 52.2. The number of amides is 3. The summed E-state index contributed by atoms with van der Waals surface area (Å²) < 4.78 is 10.8. The van der Waals surface area contributed by atoms with Gasteiger partial charge in [-0.05, 0) is 55.5 Å². The number of hydrogen-bond donors (Lipinski definition) is 1. The number of imide groups is 1. The summed E-state index contributed by atoms with van der Waals surface area (Å²) in [7, 11) is 1.43. The number of ether oxygens (including phenoxy) is 2. The zero-order valence-electron chi connectivity index (χ0n) is 20.2. The van der Waals surface area contributed by atoms with Crippen LogP contribution in [0.15, 0.2) is 42.5 Å². The van der Waals surface area contributed by atoms with Crippen LogP contribution in [0.3, 0.4) is 0 Å². The Morgan fingerprint density at radius 2 is 1.71 bits per heavy atom. The summed E-state index contributed by atoms with van der Waals surface area (Å²) in [5.74, 6) is -1.16. The lowest BCUT2D eigenvalue weighted by Gasteiger charge is -2.30. The molecule has 3 unspecified atom stereocenters. The van der Waals surface area contributed by atoms with E-state index in [1.807, 2.05) is 0 Å². The molecule has 0 bridgehead atoms. The van der Waals surface area contributed by atoms with Gasteiger partial charge >= 0.3 is 5.97 Å². The Bertz CT molecular complexity index is 1130. The smallest absolute Gasteiger partial charge is 0.342 e. The number of nitrogens with zero attached hydrogens (tertiary/aromatic N) is 1. The Morgan fingerprint density at radius 3 is 2.34 bits per heavy atom. The van der Waals surface area contributed by atoms with Gasteiger partial charge in [0.2, 0.25) is 0 Å². The van der Waals surface area contributed by atoms with E-state index in [0.29, 0.717) is 22.6 Å². The van der Waals surface area contributed by atoms with E-state index in [1.165, 1.54) is 20.1 Å². The molecule has 1 saturated carbocycles. The number of carbonyl (C=O) groups is 4. The highest BCUT2D eigenvalue weighted by molar-refractivity contribution is 6.21. The predicted octanol–water partition coefficient (Wildman–Crippen LogP) is 3.73. The van der Waals surface area contributed by atoms with Gasteiger partial charge in [0.1, 0.15) is 11.3 Å². The fourth-order valence-corrected chi connectivity index (χ4v) is 4.69. The second-order valence-electron chi connectivity index (χ2n) is 9.20. The first kappa shape index (κ1) is 24.4. The van der Waals surface area contributed by atoms with Crippen molar-refractivity contribution in [3.63, 3.8) is 0 Å². The van der Waals surface area contributed by atoms with Gasteiger partial charge in [-0.15, -0.1) is 0 Å². The maximum atomic E-state index is 13.0. The van der Waals surface area contributed by atoms with Crippen LogP contribution in [0, 0.1) is 5.92 Å². The normalized spacial score (nSPS) is 20.3. The van der Waals surface area contributed by atoms with Crippen molar-refractivity contribution in [2.24, 2.45) is 5.92 Å². The first-order valence-electron chi connectivity index (χ1n) is 11.9. The summed E-state index contributed by atoms with van der Waals surface area (Å²) in [5.41, 5.74) is 1.39. The minimum Gasteiger partial charge on any atom is -0.496 e. The lowest BCUT2D eigenvalue weighted by molar-refractivity contribution is -0.130. The lowest BCUT2D eigenvalue weighted by Crippen LogP contribution is -2.46. The number of carbonyl (C=O) groups excluding carboxylic acids is 4. The van der Waals surface area contributed by atoms with Gasteiger partial charge in [0.15, 0.2) is 6.10 Å². The Labute approximate surface area is 204 Å². The average Bonchev–Trinajstić information content (AvgIpc) is 3.10. The van der Waals surface area contributed by atoms with Crippen molar-refractivity contribution in [2.75, 3.05) is 7.11 Å². The van der Waals surface area contributed by atoms with Crippen LogP contribution in [-0.4, -0.2) is 47.8 Å². The molecular formula is C27H30N2O6. The highest BCUT2D eigenvalue weighted by Gasteiger charge is 2.35. The Kier molecular flexibility index (Phi) is 7.19. The Hall–Kier alpha value is -3.68. The third-order valence-electron chi connectivity index (χ3n) is 6.79. The van der Waals surface area contributed by atoms with Gasteiger partial charge in [-0.25, -0.2) is 4.79 Å². The number of hydrogen-bond acceptors (Lipinski definition) is 6. The quantitative estimate of drug-likeness (QED) is 0.481. The molecule has 1 N–H and O–H groups in total. The van der Waals surface area contributed by atoms with Crippen molar-refractivity contribution in [3.05, 3.63) is 64.7 Å². The molecule has 1 heterocycles. The fraction of sp³-hybridized carbons (Fsp3) is 0.407. The summed E-state index contributed by atoms with van der Waals surface area (Å²) in [6.45, 7) is 3.65. The summed E-state index contributed by atoms with van der Waals surface area (Å²) in [6, 6.07) is 11.5. The molecule has 184 valence electrons. The van der Waals surface area contributed by atoms with Gasteiger partial charge in [-0.1, -0.05) is 38.0 Å². The molecule has 3 atom stereocenters. The van der Waals surface area contributed by atoms with Gasteiger partial charge < -0.3 is 14.8 Å². The maximum absolute atomic E-state index is 13.0. The molecule has 1 aliphatic carbocycles. The highest BCUT2D eigenvalue weighted by Crippen LogP contribution is 2.27. The van der Waals surface area contributed by atoms with Crippen molar-refractivity contribution in [1.82, 2.24) is 10.2 Å². The number of nitrogens with one attached hydrogen (secondary N) is 1. The molecule has 2 aromatic rings. The first-order valence-corrected chi connectivity index (χ1v) is 11.9. The summed E-state index contributed by atoms with van der Waals surface area (Å²) in [6.07, 6.45) is 3.23. The summed E-state index contributed by atoms with van der Waals surface area (Å²) in [5, 5.41) is 3.00. The molecular weight excluding hydrogens is 448 g/mol. The highest BCUT2D eigenvalue weighted by atomic mass is 16.5. The van der Waals surface area contributed by atoms with E-state index in [9.17, 15) is 19.2 Å². The van der Waals surface area contributed by atoms with Gasteiger partial charge in [-0.3, -0.25) is 19.3 Å². The van der Waals surface area contributed by atoms with Crippen LogP contribution in [0.5, 0.6) is 5.75 Å². The monoisotopic (exact) mass is 478 g/mol. The molecule has 1 fully saturated rings. The van der Waals surface area contributed by atoms with E-state index < -0.39 is 12.1 Å². The van der Waals surface area contributed by atoms with Crippen LogP contribution in [-0.2, 0) is 16.1 Å². The largest absolute Gasteiger partial charge is 0.496 e. The lowest BCUT2D eigenvalue weighted by atomic mass is 9.86. The van der Waals surface area contributed by atoms with Crippen LogP contribution in [0.2, 0.25) is 0 Å². The Morgan fingerprint density at radius 1 is 1.06 bits per heavy atom. The molecule has 0 aromatic heterocycles. The predicted molar refractivity (Wildman–Crippen MR) is 128 cm³/mol. The van der Waals surface area contributed by atoms with E-state index in [0.717, 1.165) is 30.6 Å². The molecule has 0 saturated heterocycles. The SMILES string of the molecule is COc1ccc(CN2C(=O)c3ccccc3C2=O)cc1C(=O)OC(C)C(=O)NC1CCCCC1C. The van der Waals surface area contributed by atoms with E-state index in [1.54, 1.807) is 36.4 Å².